The average Bonchev–Trinajstić information content (AvgIpc) is 2.72. The molecule has 0 radical (unpaired) electrons. The summed E-state index contributed by atoms with van der Waals surface area (Å²) >= 11 is 0. The number of hydrogen-bond acceptors (Lipinski definition) is 6. The van der Waals surface area contributed by atoms with Gasteiger partial charge in [0, 0.05) is 18.9 Å². The van der Waals surface area contributed by atoms with Crippen molar-refractivity contribution in [3.8, 4) is 0 Å². The van der Waals surface area contributed by atoms with Gasteiger partial charge in [-0.1, -0.05) is 26.0 Å². The highest BCUT2D eigenvalue weighted by atomic mass is 16.6. The Morgan fingerprint density at radius 1 is 1.23 bits per heavy atom. The van der Waals surface area contributed by atoms with Crippen molar-refractivity contribution in [3.63, 3.8) is 0 Å². The highest BCUT2D eigenvalue weighted by Crippen LogP contribution is 2.48. The van der Waals surface area contributed by atoms with E-state index in [1.807, 2.05) is 20.8 Å². The summed E-state index contributed by atoms with van der Waals surface area (Å²) in [6.45, 7) is 8.14. The SMILES string of the molecule is CCC(C)(C)C(=O)O[C@H]1C[C@@H](CO)C[C@@H]2C=C[C@H](C)[C@H](CC[C@@H]3C[C@@H](O)CC(=O)O3)[C@@H]12. The second kappa shape index (κ2) is 10.0. The smallest absolute Gasteiger partial charge is 0.311 e. The van der Waals surface area contributed by atoms with Crippen molar-refractivity contribution in [3.05, 3.63) is 12.2 Å². The van der Waals surface area contributed by atoms with E-state index in [1.54, 1.807) is 0 Å². The molecule has 6 nitrogen and oxygen atoms in total. The first kappa shape index (κ1) is 24.2. The van der Waals surface area contributed by atoms with Gasteiger partial charge in [0.1, 0.15) is 12.2 Å². The molecule has 0 bridgehead atoms. The number of cyclic esters (lactones) is 1. The van der Waals surface area contributed by atoms with Crippen molar-refractivity contribution in [2.75, 3.05) is 6.61 Å². The quantitative estimate of drug-likeness (QED) is 0.468. The van der Waals surface area contributed by atoms with Crippen molar-refractivity contribution in [2.24, 2.45) is 35.0 Å². The Morgan fingerprint density at radius 2 is 1.97 bits per heavy atom. The van der Waals surface area contributed by atoms with Gasteiger partial charge in [0.25, 0.3) is 0 Å². The van der Waals surface area contributed by atoms with Gasteiger partial charge in [0.2, 0.25) is 0 Å². The van der Waals surface area contributed by atoms with Gasteiger partial charge in [-0.2, -0.15) is 0 Å². The maximum absolute atomic E-state index is 12.9. The number of rotatable bonds is 7. The molecule has 0 unspecified atom stereocenters. The molecule has 0 spiro atoms. The number of aliphatic hydroxyl groups excluding tert-OH is 2. The maximum atomic E-state index is 12.9. The average molecular weight is 437 g/mol. The van der Waals surface area contributed by atoms with Gasteiger partial charge in [-0.15, -0.1) is 0 Å². The normalized spacial score (nSPS) is 38.3. The fourth-order valence-electron chi connectivity index (χ4n) is 5.60. The number of carbonyl (C=O) groups is 2. The minimum atomic E-state index is -0.618. The topological polar surface area (TPSA) is 93.1 Å². The largest absolute Gasteiger partial charge is 0.462 e. The summed E-state index contributed by atoms with van der Waals surface area (Å²) in [6.07, 6.45) is 7.87. The Bertz CT molecular complexity index is 671. The van der Waals surface area contributed by atoms with Crippen LogP contribution in [0.1, 0.15) is 72.6 Å². The molecule has 2 N–H and O–H groups in total. The summed E-state index contributed by atoms with van der Waals surface area (Å²) in [5, 5.41) is 19.8. The molecule has 1 heterocycles. The van der Waals surface area contributed by atoms with Crippen LogP contribution in [0.15, 0.2) is 12.2 Å². The Morgan fingerprint density at radius 3 is 2.61 bits per heavy atom. The molecule has 6 heteroatoms. The van der Waals surface area contributed by atoms with Crippen LogP contribution in [0.3, 0.4) is 0 Å². The molecule has 0 amide bonds. The molecule has 2 aliphatic carbocycles. The fraction of sp³-hybridized carbons (Fsp3) is 0.840. The molecule has 31 heavy (non-hydrogen) atoms. The monoisotopic (exact) mass is 436 g/mol. The van der Waals surface area contributed by atoms with Crippen molar-refractivity contribution in [1.82, 2.24) is 0 Å². The molecular formula is C25H40O6. The van der Waals surface area contributed by atoms with Crippen LogP contribution in [0, 0.1) is 35.0 Å². The van der Waals surface area contributed by atoms with E-state index in [0.717, 1.165) is 12.8 Å². The molecule has 0 aromatic carbocycles. The lowest BCUT2D eigenvalue weighted by Crippen LogP contribution is -2.48. The first-order chi connectivity index (χ1) is 14.6. The van der Waals surface area contributed by atoms with Crippen LogP contribution < -0.4 is 0 Å². The molecule has 176 valence electrons. The van der Waals surface area contributed by atoms with Crippen LogP contribution >= 0.6 is 0 Å². The van der Waals surface area contributed by atoms with Crippen LogP contribution in [0.4, 0.5) is 0 Å². The highest BCUT2D eigenvalue weighted by Gasteiger charge is 2.47. The van der Waals surface area contributed by atoms with E-state index in [-0.39, 0.29) is 54.9 Å². The lowest BCUT2D eigenvalue weighted by atomic mass is 9.60. The van der Waals surface area contributed by atoms with Gasteiger partial charge in [-0.25, -0.2) is 0 Å². The van der Waals surface area contributed by atoms with Gasteiger partial charge >= 0.3 is 11.9 Å². The molecule has 1 saturated carbocycles. The minimum Gasteiger partial charge on any atom is -0.462 e. The summed E-state index contributed by atoms with van der Waals surface area (Å²) in [5.41, 5.74) is -0.528. The number of ether oxygens (including phenoxy) is 2. The van der Waals surface area contributed by atoms with E-state index in [9.17, 15) is 19.8 Å². The van der Waals surface area contributed by atoms with Crippen molar-refractivity contribution in [2.45, 2.75) is 91.0 Å². The summed E-state index contributed by atoms with van der Waals surface area (Å²) < 4.78 is 11.6. The van der Waals surface area contributed by atoms with E-state index in [1.165, 1.54) is 0 Å². The van der Waals surface area contributed by atoms with Crippen LogP contribution in [-0.4, -0.2) is 47.1 Å². The highest BCUT2D eigenvalue weighted by molar-refractivity contribution is 5.76. The summed E-state index contributed by atoms with van der Waals surface area (Å²) in [4.78, 5) is 24.6. The van der Waals surface area contributed by atoms with E-state index in [0.29, 0.717) is 37.5 Å². The number of hydrogen-bond donors (Lipinski definition) is 2. The molecule has 0 aromatic rings. The lowest BCUT2D eigenvalue weighted by molar-refractivity contribution is -0.171. The number of allylic oxidation sites excluding steroid dienone is 2. The second-order valence-corrected chi connectivity index (χ2v) is 10.6. The van der Waals surface area contributed by atoms with E-state index < -0.39 is 11.5 Å². The molecule has 0 aromatic heterocycles. The molecule has 2 fully saturated rings. The van der Waals surface area contributed by atoms with Crippen LogP contribution in [-0.2, 0) is 19.1 Å². The van der Waals surface area contributed by atoms with E-state index in [4.69, 9.17) is 9.47 Å². The molecule has 1 aliphatic heterocycles. The Labute approximate surface area is 186 Å². The van der Waals surface area contributed by atoms with Crippen molar-refractivity contribution < 1.29 is 29.3 Å². The predicted octanol–water partition coefficient (Wildman–Crippen LogP) is 3.64. The van der Waals surface area contributed by atoms with Crippen molar-refractivity contribution >= 4 is 11.9 Å². The molecule has 3 aliphatic rings. The molecule has 1 saturated heterocycles. The Kier molecular flexibility index (Phi) is 7.85. The number of esters is 2. The second-order valence-electron chi connectivity index (χ2n) is 10.6. The maximum Gasteiger partial charge on any atom is 0.311 e. The molecule has 3 rings (SSSR count). The van der Waals surface area contributed by atoms with Crippen LogP contribution in [0.5, 0.6) is 0 Å². The summed E-state index contributed by atoms with van der Waals surface area (Å²) in [7, 11) is 0. The van der Waals surface area contributed by atoms with Gasteiger partial charge in [0.15, 0.2) is 0 Å². The third-order valence-electron chi connectivity index (χ3n) is 7.94. The minimum absolute atomic E-state index is 0.0809. The Hall–Kier alpha value is -1.40. The predicted molar refractivity (Wildman–Crippen MR) is 117 cm³/mol. The zero-order chi connectivity index (χ0) is 22.8. The zero-order valence-corrected chi connectivity index (χ0v) is 19.5. The summed E-state index contributed by atoms with van der Waals surface area (Å²) in [5.74, 6) is 0.749. The van der Waals surface area contributed by atoms with Crippen molar-refractivity contribution in [1.29, 1.82) is 0 Å². The van der Waals surface area contributed by atoms with Gasteiger partial charge in [0.05, 0.1) is 17.9 Å². The molecular weight excluding hydrogens is 396 g/mol. The first-order valence-electron chi connectivity index (χ1n) is 12.0. The number of carbonyl (C=O) groups excluding carboxylic acids is 2. The van der Waals surface area contributed by atoms with Crippen LogP contribution in [0.25, 0.3) is 0 Å². The molecule has 8 atom stereocenters. The lowest BCUT2D eigenvalue weighted by Gasteiger charge is -2.48. The fourth-order valence-corrected chi connectivity index (χ4v) is 5.60. The van der Waals surface area contributed by atoms with Gasteiger partial charge < -0.3 is 19.7 Å². The van der Waals surface area contributed by atoms with E-state index in [2.05, 4.69) is 19.1 Å². The van der Waals surface area contributed by atoms with Gasteiger partial charge in [-0.05, 0) is 69.6 Å². The standard InChI is InChI=1S/C25H40O6/c1-5-25(3,4)24(29)31-21-11-16(14-26)10-17-7-6-15(2)20(23(17)21)9-8-19-12-18(27)13-22(28)30-19/h6-7,15-21,23,26-27H,5,8-14H2,1-4H3/t15-,16-,17-,18+,19+,20-,21-,23-/m0/s1. The first-order valence-corrected chi connectivity index (χ1v) is 12.0. The third-order valence-corrected chi connectivity index (χ3v) is 7.94. The van der Waals surface area contributed by atoms with Gasteiger partial charge in [-0.3, -0.25) is 9.59 Å². The number of aliphatic hydroxyl groups is 2. The Balaban J connectivity index is 1.76. The third kappa shape index (κ3) is 5.70. The van der Waals surface area contributed by atoms with Crippen LogP contribution in [0.2, 0.25) is 0 Å². The number of fused-ring (bicyclic) bond motifs is 1. The summed E-state index contributed by atoms with van der Waals surface area (Å²) in [6, 6.07) is 0. The zero-order valence-electron chi connectivity index (χ0n) is 19.5. The van der Waals surface area contributed by atoms with E-state index >= 15 is 0 Å².